The first-order valence-electron chi connectivity index (χ1n) is 17.4. The Kier molecular flexibility index (Phi) is 13.2. The molecular weight excluding hydrogens is 647 g/mol. The second kappa shape index (κ2) is 16.9. The average molecular weight is 703 g/mol. The zero-order valence-corrected chi connectivity index (χ0v) is 32.7. The van der Waals surface area contributed by atoms with Crippen molar-refractivity contribution in [1.29, 1.82) is 0 Å². The lowest BCUT2D eigenvalue weighted by atomic mass is 9.87. The topological polar surface area (TPSA) is 80.6 Å². The Labute approximate surface area is 299 Å². The van der Waals surface area contributed by atoms with E-state index in [0.29, 0.717) is 51.7 Å². The van der Waals surface area contributed by atoms with Crippen molar-refractivity contribution in [2.24, 2.45) is 0 Å². The van der Waals surface area contributed by atoms with Gasteiger partial charge in [0, 0.05) is 51.1 Å². The number of anilines is 1. The van der Waals surface area contributed by atoms with Crippen molar-refractivity contribution in [2.45, 2.75) is 45.9 Å². The van der Waals surface area contributed by atoms with Gasteiger partial charge in [0.25, 0.3) is 5.91 Å². The van der Waals surface area contributed by atoms with Gasteiger partial charge in [-0.05, 0) is 77.7 Å². The zero-order valence-electron chi connectivity index (χ0n) is 31.7. The summed E-state index contributed by atoms with van der Waals surface area (Å²) < 4.78 is 24.3. The highest BCUT2D eigenvalue weighted by atomic mass is 28.3. The van der Waals surface area contributed by atoms with Gasteiger partial charge in [0.15, 0.2) is 5.71 Å². The predicted octanol–water partition coefficient (Wildman–Crippen LogP) is 5.09. The summed E-state index contributed by atoms with van der Waals surface area (Å²) in [5, 5.41) is 2.75. The first-order valence-corrected chi connectivity index (χ1v) is 20.4. The van der Waals surface area contributed by atoms with Crippen LogP contribution in [0.3, 0.4) is 0 Å². The number of carbonyl (C=O) groups is 2. The summed E-state index contributed by atoms with van der Waals surface area (Å²) in [7, 11) is 8.04. The number of allylic oxidation sites excluding steroid dienone is 5. The van der Waals surface area contributed by atoms with Gasteiger partial charge in [-0.25, -0.2) is 4.58 Å². The number of esters is 1. The van der Waals surface area contributed by atoms with Gasteiger partial charge >= 0.3 is 5.97 Å². The highest BCUT2D eigenvalue weighted by molar-refractivity contribution is 6.98. The molecule has 0 spiro atoms. The van der Waals surface area contributed by atoms with Crippen molar-refractivity contribution in [3.05, 3.63) is 88.2 Å². The maximum absolute atomic E-state index is 14.0. The number of likely N-dealkylation sites (N-methyl/N-ethyl adjacent to an activating group) is 1. The van der Waals surface area contributed by atoms with Crippen molar-refractivity contribution < 1.29 is 33.1 Å². The summed E-state index contributed by atoms with van der Waals surface area (Å²) in [5.74, 6) is -0.318. The lowest BCUT2D eigenvalue weighted by molar-refractivity contribution is -0.462. The molecule has 270 valence electrons. The molecule has 2 aromatic rings. The molecule has 4 rings (SSSR count). The van der Waals surface area contributed by atoms with Crippen LogP contribution in [0.2, 0.25) is 13.1 Å². The van der Waals surface area contributed by atoms with Gasteiger partial charge in [-0.15, -0.1) is 0 Å². The van der Waals surface area contributed by atoms with Crippen LogP contribution in [0.5, 0.6) is 0 Å². The quantitative estimate of drug-likeness (QED) is 0.111. The minimum atomic E-state index is -2.10. The molecule has 0 bridgehead atoms. The van der Waals surface area contributed by atoms with E-state index < -0.39 is 13.7 Å². The van der Waals surface area contributed by atoms with Gasteiger partial charge in [-0.2, -0.15) is 0 Å². The zero-order chi connectivity index (χ0) is 36.6. The van der Waals surface area contributed by atoms with Gasteiger partial charge in [0.2, 0.25) is 0 Å². The first-order chi connectivity index (χ1) is 23.6. The number of ether oxygens (including phenoxy) is 4. The molecule has 0 radical (unpaired) electrons. The minimum absolute atomic E-state index is 0.0449. The van der Waals surface area contributed by atoms with Crippen LogP contribution in [0, 0.1) is 0 Å². The average Bonchev–Trinajstić information content (AvgIpc) is 3.06. The monoisotopic (exact) mass is 702 g/mol. The predicted molar refractivity (Wildman–Crippen MR) is 205 cm³/mol. The third-order valence-corrected chi connectivity index (χ3v) is 12.4. The van der Waals surface area contributed by atoms with E-state index in [0.717, 1.165) is 11.1 Å². The molecule has 2 aliphatic rings. The van der Waals surface area contributed by atoms with Crippen LogP contribution in [-0.2, 0) is 23.7 Å². The molecule has 9 nitrogen and oxygen atoms in total. The van der Waals surface area contributed by atoms with Gasteiger partial charge in [0.1, 0.15) is 27.8 Å². The van der Waals surface area contributed by atoms with Gasteiger partial charge < -0.3 is 28.7 Å². The molecule has 50 heavy (non-hydrogen) atoms. The fourth-order valence-electron chi connectivity index (χ4n) is 6.16. The van der Waals surface area contributed by atoms with E-state index in [9.17, 15) is 9.59 Å². The van der Waals surface area contributed by atoms with Crippen molar-refractivity contribution in [3.63, 3.8) is 0 Å². The molecular formula is C40H56N3O6Si+. The van der Waals surface area contributed by atoms with Crippen molar-refractivity contribution in [1.82, 2.24) is 4.90 Å². The minimum Gasteiger partial charge on any atom is -0.460 e. The van der Waals surface area contributed by atoms with Crippen LogP contribution in [0.1, 0.15) is 48.7 Å². The fourth-order valence-corrected chi connectivity index (χ4v) is 9.23. The second-order valence-electron chi connectivity index (χ2n) is 14.7. The van der Waals surface area contributed by atoms with Crippen molar-refractivity contribution in [2.75, 3.05) is 86.3 Å². The Morgan fingerprint density at radius 2 is 1.46 bits per heavy atom. The smallest absolute Gasteiger partial charge is 0.308 e. The van der Waals surface area contributed by atoms with Crippen LogP contribution in [0.4, 0.5) is 5.69 Å². The maximum atomic E-state index is 14.0. The molecule has 0 saturated carbocycles. The van der Waals surface area contributed by atoms with E-state index in [4.69, 9.17) is 18.9 Å². The first kappa shape index (κ1) is 39.0. The van der Waals surface area contributed by atoms with E-state index in [1.165, 1.54) is 32.9 Å². The third kappa shape index (κ3) is 9.69. The second-order valence-corrected chi connectivity index (χ2v) is 19.0. The summed E-state index contributed by atoms with van der Waals surface area (Å²) >= 11 is 0. The Morgan fingerprint density at radius 3 is 2.10 bits per heavy atom. The Hall–Kier alpha value is -3.83. The molecule has 1 heterocycles. The van der Waals surface area contributed by atoms with Crippen molar-refractivity contribution in [3.8, 4) is 0 Å². The van der Waals surface area contributed by atoms with E-state index >= 15 is 0 Å². The lowest BCUT2D eigenvalue weighted by Crippen LogP contribution is -2.50. The largest absolute Gasteiger partial charge is 0.460 e. The Balaban J connectivity index is 1.40. The van der Waals surface area contributed by atoms with Crippen LogP contribution in [0.15, 0.2) is 71.5 Å². The van der Waals surface area contributed by atoms with E-state index in [-0.39, 0.29) is 18.3 Å². The summed E-state index contributed by atoms with van der Waals surface area (Å²) in [4.78, 5) is 29.7. The Morgan fingerprint density at radius 1 is 0.820 bits per heavy atom. The summed E-state index contributed by atoms with van der Waals surface area (Å²) in [6.45, 7) is 13.1. The van der Waals surface area contributed by atoms with Crippen LogP contribution in [0.25, 0.3) is 5.57 Å². The van der Waals surface area contributed by atoms with Gasteiger partial charge in [-0.1, -0.05) is 37.4 Å². The molecule has 1 aliphatic heterocycles. The molecule has 0 N–H and O–H groups in total. The van der Waals surface area contributed by atoms with Gasteiger partial charge in [0.05, 0.1) is 46.1 Å². The molecule has 0 saturated heterocycles. The number of hydrogen-bond donors (Lipinski definition) is 0. The molecule has 0 fully saturated rings. The highest BCUT2D eigenvalue weighted by Gasteiger charge is 2.41. The Bertz CT molecular complexity index is 1680. The maximum Gasteiger partial charge on any atom is 0.308 e. The van der Waals surface area contributed by atoms with Crippen LogP contribution in [-0.4, -0.2) is 122 Å². The summed E-state index contributed by atoms with van der Waals surface area (Å²) in [5.41, 5.74) is 6.99. The molecule has 0 unspecified atom stereocenters. The standard InChI is InChI=1S/C40H56N3O6Si/c1-40(2,3)49-37(44)19-21-46-23-25-48-26-24-47-22-20-43(8)39(45)32-14-12-11-13-31(32)38-33-17-15-29(41(4)5)27-35(33)50(9,10)36-28-30(42(6)7)16-18-34(36)38/h11-18,27-28H,19-26H2,1-10H3/q+1. The lowest BCUT2D eigenvalue weighted by Gasteiger charge is -2.38. The molecule has 1 aliphatic carbocycles. The molecule has 2 aromatic carbocycles. The third-order valence-electron chi connectivity index (χ3n) is 8.88. The molecule has 0 atom stereocenters. The van der Waals surface area contributed by atoms with Crippen LogP contribution >= 0.6 is 0 Å². The van der Waals surface area contributed by atoms with E-state index in [2.05, 4.69) is 93.3 Å². The SMILES string of the molecule is CN(CCOCCOCCOCCC(=O)OC(C)(C)C)C(=O)c1ccccc1C1=C2C=CC(=[N+](C)C)C=C2[Si](C)(C)c2cc(N(C)C)ccc21. The number of hydrogen-bond acceptors (Lipinski definition) is 7. The van der Waals surface area contributed by atoms with Gasteiger partial charge in [-0.3, -0.25) is 9.59 Å². The molecule has 10 heteroatoms. The molecule has 0 aromatic heterocycles. The van der Waals surface area contributed by atoms with Crippen LogP contribution < -0.4 is 10.1 Å². The highest BCUT2D eigenvalue weighted by Crippen LogP contribution is 2.42. The van der Waals surface area contributed by atoms with E-state index in [1.54, 1.807) is 4.90 Å². The number of benzene rings is 2. The number of nitrogens with zero attached hydrogens (tertiary/aromatic N) is 3. The van der Waals surface area contributed by atoms with E-state index in [1.807, 2.05) is 46.0 Å². The van der Waals surface area contributed by atoms with Crippen molar-refractivity contribution >= 4 is 42.1 Å². The normalized spacial score (nSPS) is 14.9. The number of carbonyl (C=O) groups excluding carboxylic acids is 2. The summed E-state index contributed by atoms with van der Waals surface area (Å²) in [6, 6.07) is 14.8. The summed E-state index contributed by atoms with van der Waals surface area (Å²) in [6.07, 6.45) is 6.99. The number of amides is 1. The molecule has 1 amide bonds. The number of fused-ring (bicyclic) bond motifs is 2. The number of rotatable bonds is 15. The fraction of sp³-hybridized carbons (Fsp3) is 0.475.